The van der Waals surface area contributed by atoms with Crippen molar-refractivity contribution in [1.29, 1.82) is 5.26 Å². The topological polar surface area (TPSA) is 61.5 Å². The molecule has 0 atom stereocenters. The Hall–Kier alpha value is -3.17. The predicted molar refractivity (Wildman–Crippen MR) is 124 cm³/mol. The minimum Gasteiger partial charge on any atom is -0.443 e. The molecule has 1 heterocycles. The van der Waals surface area contributed by atoms with Gasteiger partial charge in [-0.3, -0.25) is 0 Å². The van der Waals surface area contributed by atoms with E-state index in [9.17, 15) is 5.26 Å². The molecule has 0 saturated heterocycles. The molecule has 3 aromatic rings. The van der Waals surface area contributed by atoms with E-state index in [1.54, 1.807) is 0 Å². The molecule has 0 bridgehead atoms. The Labute approximate surface area is 182 Å². The first-order valence-corrected chi connectivity index (χ1v) is 10.7. The van der Waals surface area contributed by atoms with E-state index in [1.807, 2.05) is 70.6 Å². The van der Waals surface area contributed by atoms with Crippen LogP contribution in [0.25, 0.3) is 11.3 Å². The number of ether oxygens (including phenoxy) is 1. The number of aromatic nitrogens is 1. The molecule has 0 radical (unpaired) electrons. The van der Waals surface area contributed by atoms with Crippen molar-refractivity contribution in [1.82, 2.24) is 9.27 Å². The van der Waals surface area contributed by atoms with Crippen LogP contribution in [-0.4, -0.2) is 29.2 Å². The van der Waals surface area contributed by atoms with Gasteiger partial charge in [0.1, 0.15) is 23.1 Å². The summed E-state index contributed by atoms with van der Waals surface area (Å²) in [5.74, 6) is 0.712. The van der Waals surface area contributed by atoms with Gasteiger partial charge in [0.05, 0.1) is 12.0 Å². The average Bonchev–Trinajstić information content (AvgIpc) is 3.12. The van der Waals surface area contributed by atoms with Crippen LogP contribution in [0.4, 0.5) is 5.69 Å². The van der Waals surface area contributed by atoms with Gasteiger partial charge in [0.15, 0.2) is 0 Å². The molecule has 30 heavy (non-hydrogen) atoms. The zero-order valence-electron chi connectivity index (χ0n) is 18.1. The van der Waals surface area contributed by atoms with Crippen LogP contribution in [-0.2, 0) is 0 Å². The van der Waals surface area contributed by atoms with E-state index >= 15 is 0 Å². The molecule has 0 saturated carbocycles. The summed E-state index contributed by atoms with van der Waals surface area (Å²) in [6.07, 6.45) is 2.94. The van der Waals surface area contributed by atoms with E-state index in [0.29, 0.717) is 22.1 Å². The SMILES string of the molecule is CCCN(C)C=Nc1cc(C)c(Oc2snc(-c3cccc(C)c3)c2C#N)cc1C. The maximum absolute atomic E-state index is 9.74. The van der Waals surface area contributed by atoms with Gasteiger partial charge in [-0.05, 0) is 56.5 Å². The molecule has 154 valence electrons. The van der Waals surface area contributed by atoms with E-state index in [2.05, 4.69) is 27.3 Å². The molecular formula is C24H26N4OS. The van der Waals surface area contributed by atoms with Crippen LogP contribution in [0.2, 0.25) is 0 Å². The standard InChI is InChI=1S/C24H26N4OS/c1-6-10-28(5)15-26-21-12-18(4)22(13-17(21)3)29-24-20(14-25)23(27-30-24)19-9-7-8-16(2)11-19/h7-9,11-13,15H,6,10H2,1-5H3. The highest BCUT2D eigenvalue weighted by Crippen LogP contribution is 2.38. The molecule has 1 aromatic heterocycles. The number of hydrogen-bond donors (Lipinski definition) is 0. The lowest BCUT2D eigenvalue weighted by Gasteiger charge is -2.13. The third-order valence-corrected chi connectivity index (χ3v) is 5.46. The number of hydrogen-bond acceptors (Lipinski definition) is 5. The fraction of sp³-hybridized carbons (Fsp3) is 0.292. The molecule has 3 rings (SSSR count). The van der Waals surface area contributed by atoms with Crippen LogP contribution in [0.15, 0.2) is 41.4 Å². The van der Waals surface area contributed by atoms with Gasteiger partial charge in [0, 0.05) is 30.7 Å². The van der Waals surface area contributed by atoms with E-state index in [0.717, 1.165) is 40.9 Å². The second-order valence-corrected chi connectivity index (χ2v) is 8.14. The summed E-state index contributed by atoms with van der Waals surface area (Å²) in [6, 6.07) is 14.2. The minimum atomic E-state index is 0.464. The number of benzene rings is 2. The zero-order chi connectivity index (χ0) is 21.7. The minimum absolute atomic E-state index is 0.464. The second kappa shape index (κ2) is 9.55. The van der Waals surface area contributed by atoms with E-state index < -0.39 is 0 Å². The Morgan fingerprint density at radius 3 is 2.70 bits per heavy atom. The molecule has 0 N–H and O–H groups in total. The number of nitrogens with zero attached hydrogens (tertiary/aromatic N) is 4. The smallest absolute Gasteiger partial charge is 0.218 e. The van der Waals surface area contributed by atoms with Crippen molar-refractivity contribution in [2.45, 2.75) is 34.1 Å². The van der Waals surface area contributed by atoms with Gasteiger partial charge in [0.2, 0.25) is 5.06 Å². The Bertz CT molecular complexity index is 1110. The summed E-state index contributed by atoms with van der Waals surface area (Å²) in [6.45, 7) is 9.13. The lowest BCUT2D eigenvalue weighted by atomic mass is 10.1. The Morgan fingerprint density at radius 2 is 2.00 bits per heavy atom. The lowest BCUT2D eigenvalue weighted by molar-refractivity contribution is 0.491. The summed E-state index contributed by atoms with van der Waals surface area (Å²) in [4.78, 5) is 6.67. The van der Waals surface area contributed by atoms with Crippen molar-refractivity contribution >= 4 is 23.6 Å². The van der Waals surface area contributed by atoms with E-state index in [-0.39, 0.29) is 0 Å². The summed E-state index contributed by atoms with van der Waals surface area (Å²) in [5.41, 5.74) is 6.05. The zero-order valence-corrected chi connectivity index (χ0v) is 18.9. The highest BCUT2D eigenvalue weighted by atomic mass is 32.1. The third-order valence-electron chi connectivity index (χ3n) is 4.73. The highest BCUT2D eigenvalue weighted by Gasteiger charge is 2.18. The number of aryl methyl sites for hydroxylation is 3. The number of nitriles is 1. The summed E-state index contributed by atoms with van der Waals surface area (Å²) < 4.78 is 10.6. The van der Waals surface area contributed by atoms with Gasteiger partial charge in [-0.15, -0.1) is 0 Å². The lowest BCUT2D eigenvalue weighted by Crippen LogP contribution is -2.16. The normalized spacial score (nSPS) is 10.9. The molecule has 0 amide bonds. The first-order valence-electron chi connectivity index (χ1n) is 9.93. The second-order valence-electron chi connectivity index (χ2n) is 7.41. The molecule has 0 aliphatic rings. The summed E-state index contributed by atoms with van der Waals surface area (Å²) in [7, 11) is 2.02. The molecule has 0 unspecified atom stereocenters. The quantitative estimate of drug-likeness (QED) is 0.329. The Balaban J connectivity index is 1.88. The molecule has 2 aromatic carbocycles. The van der Waals surface area contributed by atoms with Gasteiger partial charge in [-0.25, -0.2) is 4.99 Å². The largest absolute Gasteiger partial charge is 0.443 e. The Kier molecular flexibility index (Phi) is 6.86. The fourth-order valence-electron chi connectivity index (χ4n) is 3.13. The van der Waals surface area contributed by atoms with Gasteiger partial charge in [-0.1, -0.05) is 30.7 Å². The molecule has 0 aliphatic heterocycles. The predicted octanol–water partition coefficient (Wildman–Crippen LogP) is 6.40. The monoisotopic (exact) mass is 418 g/mol. The number of aliphatic imine (C=N–C) groups is 1. The van der Waals surface area contributed by atoms with Crippen molar-refractivity contribution in [2.75, 3.05) is 13.6 Å². The highest BCUT2D eigenvalue weighted by molar-refractivity contribution is 7.08. The van der Waals surface area contributed by atoms with Gasteiger partial charge >= 0.3 is 0 Å². The molecule has 0 aliphatic carbocycles. The van der Waals surface area contributed by atoms with Crippen LogP contribution < -0.4 is 4.74 Å². The summed E-state index contributed by atoms with van der Waals surface area (Å²) in [5, 5.41) is 10.3. The van der Waals surface area contributed by atoms with Crippen molar-refractivity contribution in [3.63, 3.8) is 0 Å². The first-order chi connectivity index (χ1) is 14.4. The van der Waals surface area contributed by atoms with E-state index in [1.165, 1.54) is 11.5 Å². The Morgan fingerprint density at radius 1 is 1.20 bits per heavy atom. The van der Waals surface area contributed by atoms with Gasteiger partial charge in [-0.2, -0.15) is 9.64 Å². The summed E-state index contributed by atoms with van der Waals surface area (Å²) >= 11 is 1.20. The molecule has 5 nitrogen and oxygen atoms in total. The maximum Gasteiger partial charge on any atom is 0.218 e. The molecule has 0 spiro atoms. The molecule has 6 heteroatoms. The number of rotatable bonds is 7. The molecule has 0 fully saturated rings. The maximum atomic E-state index is 9.74. The van der Waals surface area contributed by atoms with Crippen LogP contribution in [0.1, 0.15) is 35.6 Å². The average molecular weight is 419 g/mol. The molecular weight excluding hydrogens is 392 g/mol. The van der Waals surface area contributed by atoms with Crippen LogP contribution in [0.3, 0.4) is 0 Å². The van der Waals surface area contributed by atoms with Crippen molar-refractivity contribution in [2.24, 2.45) is 4.99 Å². The van der Waals surface area contributed by atoms with Crippen molar-refractivity contribution in [3.8, 4) is 28.1 Å². The van der Waals surface area contributed by atoms with Crippen LogP contribution >= 0.6 is 11.5 Å². The van der Waals surface area contributed by atoms with Gasteiger partial charge < -0.3 is 9.64 Å². The van der Waals surface area contributed by atoms with Crippen molar-refractivity contribution < 1.29 is 4.74 Å². The van der Waals surface area contributed by atoms with Crippen LogP contribution in [0, 0.1) is 32.1 Å². The third kappa shape index (κ3) is 4.87. The van der Waals surface area contributed by atoms with Crippen LogP contribution in [0.5, 0.6) is 10.8 Å². The fourth-order valence-corrected chi connectivity index (χ4v) is 3.86. The van der Waals surface area contributed by atoms with Crippen molar-refractivity contribution in [3.05, 3.63) is 58.7 Å². The van der Waals surface area contributed by atoms with Gasteiger partial charge in [0.25, 0.3) is 0 Å². The van der Waals surface area contributed by atoms with E-state index in [4.69, 9.17) is 4.74 Å². The first kappa shape index (κ1) is 21.5.